The predicted octanol–water partition coefficient (Wildman–Crippen LogP) is 4.23. The number of hydrogen-bond donors (Lipinski definition) is 1. The van der Waals surface area contributed by atoms with Gasteiger partial charge in [0.2, 0.25) is 0 Å². The standard InChI is InChI=1S/C16H17ClN2S/c17-12-8-9-15(19-10-12)20-14-7-3-5-11-4-1-2-6-13(11)16(14)18/h1-2,4,6,8-10,14,16H,3,5,7,18H2. The lowest BCUT2D eigenvalue weighted by atomic mass is 10.00. The molecule has 3 rings (SSSR count). The van der Waals surface area contributed by atoms with Gasteiger partial charge in [0.15, 0.2) is 0 Å². The van der Waals surface area contributed by atoms with E-state index in [9.17, 15) is 0 Å². The van der Waals surface area contributed by atoms with Crippen molar-refractivity contribution in [3.8, 4) is 0 Å². The van der Waals surface area contributed by atoms with Crippen LogP contribution in [0, 0.1) is 0 Å². The quantitative estimate of drug-likeness (QED) is 0.844. The molecule has 0 saturated heterocycles. The molecule has 1 aliphatic rings. The van der Waals surface area contributed by atoms with E-state index in [0.29, 0.717) is 10.3 Å². The van der Waals surface area contributed by atoms with Gasteiger partial charge in [0.1, 0.15) is 0 Å². The largest absolute Gasteiger partial charge is 0.323 e. The smallest absolute Gasteiger partial charge is 0.0964 e. The SMILES string of the molecule is NC1c2ccccc2CCCC1Sc1ccc(Cl)cn1. The molecule has 1 aromatic carbocycles. The molecule has 20 heavy (non-hydrogen) atoms. The number of aromatic nitrogens is 1. The summed E-state index contributed by atoms with van der Waals surface area (Å²) in [4.78, 5) is 4.37. The Morgan fingerprint density at radius 1 is 1.20 bits per heavy atom. The molecule has 0 bridgehead atoms. The Morgan fingerprint density at radius 2 is 2.05 bits per heavy atom. The normalized spacial score (nSPS) is 22.1. The van der Waals surface area contributed by atoms with Crippen LogP contribution in [0.5, 0.6) is 0 Å². The maximum atomic E-state index is 6.49. The van der Waals surface area contributed by atoms with Gasteiger partial charge in [0.05, 0.1) is 10.0 Å². The van der Waals surface area contributed by atoms with Crippen LogP contribution in [0.15, 0.2) is 47.6 Å². The Hall–Kier alpha value is -1.03. The molecule has 1 aliphatic carbocycles. The zero-order valence-corrected chi connectivity index (χ0v) is 12.7. The van der Waals surface area contributed by atoms with Gasteiger partial charge >= 0.3 is 0 Å². The van der Waals surface area contributed by atoms with Gasteiger partial charge in [-0.05, 0) is 42.5 Å². The molecule has 1 heterocycles. The minimum atomic E-state index is 0.0659. The van der Waals surface area contributed by atoms with Crippen molar-refractivity contribution < 1.29 is 0 Å². The number of benzene rings is 1. The van der Waals surface area contributed by atoms with Gasteiger partial charge in [-0.2, -0.15) is 0 Å². The molecular formula is C16H17ClN2S. The van der Waals surface area contributed by atoms with E-state index in [0.717, 1.165) is 17.9 Å². The summed E-state index contributed by atoms with van der Waals surface area (Å²) >= 11 is 7.64. The molecule has 2 atom stereocenters. The molecule has 0 fully saturated rings. The van der Waals surface area contributed by atoms with E-state index in [2.05, 4.69) is 29.2 Å². The highest BCUT2D eigenvalue weighted by molar-refractivity contribution is 7.99. The topological polar surface area (TPSA) is 38.9 Å². The molecule has 2 unspecified atom stereocenters. The summed E-state index contributed by atoms with van der Waals surface area (Å²) in [7, 11) is 0. The van der Waals surface area contributed by atoms with Gasteiger partial charge in [-0.15, -0.1) is 11.8 Å². The van der Waals surface area contributed by atoms with Crippen LogP contribution in [-0.2, 0) is 6.42 Å². The minimum Gasteiger partial charge on any atom is -0.323 e. The molecule has 0 amide bonds. The second-order valence-corrected chi connectivity index (χ2v) is 6.78. The van der Waals surface area contributed by atoms with E-state index >= 15 is 0 Å². The number of thioether (sulfide) groups is 1. The number of halogens is 1. The molecular weight excluding hydrogens is 288 g/mol. The van der Waals surface area contributed by atoms with E-state index in [1.54, 1.807) is 18.0 Å². The van der Waals surface area contributed by atoms with E-state index in [1.165, 1.54) is 17.5 Å². The fraction of sp³-hybridized carbons (Fsp3) is 0.312. The summed E-state index contributed by atoms with van der Waals surface area (Å²) in [6, 6.07) is 12.4. The maximum Gasteiger partial charge on any atom is 0.0964 e. The second-order valence-electron chi connectivity index (χ2n) is 5.09. The van der Waals surface area contributed by atoms with Gasteiger partial charge < -0.3 is 5.73 Å². The highest BCUT2D eigenvalue weighted by Crippen LogP contribution is 2.37. The van der Waals surface area contributed by atoms with Crippen LogP contribution >= 0.6 is 23.4 Å². The summed E-state index contributed by atoms with van der Waals surface area (Å²) in [6.07, 6.45) is 5.11. The molecule has 0 saturated carbocycles. The number of nitrogens with zero attached hydrogens (tertiary/aromatic N) is 1. The first-order chi connectivity index (χ1) is 9.74. The lowest BCUT2D eigenvalue weighted by Crippen LogP contribution is -2.23. The number of rotatable bonds is 2. The zero-order chi connectivity index (χ0) is 13.9. The van der Waals surface area contributed by atoms with Crippen molar-refractivity contribution in [2.75, 3.05) is 0 Å². The number of aryl methyl sites for hydroxylation is 1. The predicted molar refractivity (Wildman–Crippen MR) is 85.2 cm³/mol. The van der Waals surface area contributed by atoms with E-state index in [-0.39, 0.29) is 6.04 Å². The zero-order valence-electron chi connectivity index (χ0n) is 11.1. The van der Waals surface area contributed by atoms with Crippen LogP contribution in [0.4, 0.5) is 0 Å². The fourth-order valence-corrected chi connectivity index (χ4v) is 3.94. The van der Waals surface area contributed by atoms with E-state index < -0.39 is 0 Å². The Morgan fingerprint density at radius 3 is 2.85 bits per heavy atom. The van der Waals surface area contributed by atoms with E-state index in [1.807, 2.05) is 12.1 Å². The number of hydrogen-bond acceptors (Lipinski definition) is 3. The first kappa shape index (κ1) is 13.9. The summed E-state index contributed by atoms with van der Waals surface area (Å²) in [6.45, 7) is 0. The van der Waals surface area contributed by atoms with E-state index in [4.69, 9.17) is 17.3 Å². The average molecular weight is 305 g/mol. The molecule has 1 aromatic heterocycles. The molecule has 0 aliphatic heterocycles. The van der Waals surface area contributed by atoms with Crippen LogP contribution in [0.25, 0.3) is 0 Å². The lowest BCUT2D eigenvalue weighted by molar-refractivity contribution is 0.631. The summed E-state index contributed by atoms with van der Waals surface area (Å²) in [5.41, 5.74) is 9.18. The lowest BCUT2D eigenvalue weighted by Gasteiger charge is -2.22. The number of pyridine rings is 1. The highest BCUT2D eigenvalue weighted by Gasteiger charge is 2.25. The van der Waals surface area contributed by atoms with Crippen molar-refractivity contribution in [2.45, 2.75) is 35.6 Å². The van der Waals surface area contributed by atoms with Crippen molar-refractivity contribution in [3.63, 3.8) is 0 Å². The van der Waals surface area contributed by atoms with Gasteiger partial charge in [-0.1, -0.05) is 35.9 Å². The summed E-state index contributed by atoms with van der Waals surface area (Å²) in [5.74, 6) is 0. The Labute approximate surface area is 128 Å². The third kappa shape index (κ3) is 3.00. The molecule has 4 heteroatoms. The monoisotopic (exact) mass is 304 g/mol. The second kappa shape index (κ2) is 6.17. The molecule has 0 spiro atoms. The van der Waals surface area contributed by atoms with Gasteiger partial charge in [0, 0.05) is 17.5 Å². The summed E-state index contributed by atoms with van der Waals surface area (Å²) in [5, 5.41) is 2.03. The third-order valence-electron chi connectivity index (χ3n) is 3.72. The number of fused-ring (bicyclic) bond motifs is 1. The third-order valence-corrected chi connectivity index (χ3v) is 5.26. The minimum absolute atomic E-state index is 0.0659. The van der Waals surface area contributed by atoms with Crippen molar-refractivity contribution in [3.05, 3.63) is 58.7 Å². The van der Waals surface area contributed by atoms with Crippen molar-refractivity contribution in [1.29, 1.82) is 0 Å². The van der Waals surface area contributed by atoms with Gasteiger partial charge in [-0.3, -0.25) is 0 Å². The van der Waals surface area contributed by atoms with Crippen LogP contribution in [-0.4, -0.2) is 10.2 Å². The average Bonchev–Trinajstić information content (AvgIpc) is 2.62. The van der Waals surface area contributed by atoms with Crippen LogP contribution in [0.1, 0.15) is 30.0 Å². The van der Waals surface area contributed by atoms with Gasteiger partial charge in [-0.25, -0.2) is 4.98 Å². The summed E-state index contributed by atoms with van der Waals surface area (Å²) < 4.78 is 0. The molecule has 2 N–H and O–H groups in total. The van der Waals surface area contributed by atoms with Crippen molar-refractivity contribution in [1.82, 2.24) is 4.98 Å². The highest BCUT2D eigenvalue weighted by atomic mass is 35.5. The molecule has 2 nitrogen and oxygen atoms in total. The Bertz CT molecular complexity index is 585. The molecule has 0 radical (unpaired) electrons. The van der Waals surface area contributed by atoms with Crippen LogP contribution in [0.3, 0.4) is 0 Å². The Balaban J connectivity index is 1.82. The first-order valence-electron chi connectivity index (χ1n) is 6.85. The fourth-order valence-electron chi connectivity index (χ4n) is 2.68. The molecule has 104 valence electrons. The maximum absolute atomic E-state index is 6.49. The van der Waals surface area contributed by atoms with Crippen molar-refractivity contribution in [2.24, 2.45) is 5.73 Å². The van der Waals surface area contributed by atoms with Crippen LogP contribution in [0.2, 0.25) is 5.02 Å². The van der Waals surface area contributed by atoms with Crippen LogP contribution < -0.4 is 5.73 Å². The first-order valence-corrected chi connectivity index (χ1v) is 8.11. The van der Waals surface area contributed by atoms with Gasteiger partial charge in [0.25, 0.3) is 0 Å². The number of nitrogens with two attached hydrogens (primary N) is 1. The Kier molecular flexibility index (Phi) is 4.29. The van der Waals surface area contributed by atoms with Crippen molar-refractivity contribution >= 4 is 23.4 Å². The molecule has 2 aromatic rings.